The van der Waals surface area contributed by atoms with Gasteiger partial charge in [-0.25, -0.2) is 9.37 Å². The summed E-state index contributed by atoms with van der Waals surface area (Å²) in [6, 6.07) is 5.78. The first kappa shape index (κ1) is 17.5. The normalized spacial score (nSPS) is 11.6. The Balaban J connectivity index is 0.00000220. The SMILES string of the molecule is CC[C@@H](N)c1ccc(Cl)c(Oc2ccnc(N)c2)c1F.Cl. The van der Waals surface area contributed by atoms with Gasteiger partial charge in [-0.05, 0) is 18.6 Å². The summed E-state index contributed by atoms with van der Waals surface area (Å²) in [6.45, 7) is 1.88. The fourth-order valence-electron chi connectivity index (χ4n) is 1.76. The minimum atomic E-state index is -0.553. The van der Waals surface area contributed by atoms with Crippen LogP contribution < -0.4 is 16.2 Å². The molecule has 7 heteroatoms. The maximum Gasteiger partial charge on any atom is 0.181 e. The molecule has 2 aromatic rings. The van der Waals surface area contributed by atoms with Crippen LogP contribution in [0.1, 0.15) is 24.9 Å². The monoisotopic (exact) mass is 331 g/mol. The lowest BCUT2D eigenvalue weighted by Gasteiger charge is -2.15. The van der Waals surface area contributed by atoms with E-state index in [-0.39, 0.29) is 29.0 Å². The molecule has 0 aliphatic carbocycles. The molecule has 1 aromatic heterocycles. The molecule has 2 rings (SSSR count). The number of nitrogens with zero attached hydrogens (tertiary/aromatic N) is 1. The molecule has 21 heavy (non-hydrogen) atoms. The zero-order valence-corrected chi connectivity index (χ0v) is 12.9. The molecule has 0 radical (unpaired) electrons. The zero-order chi connectivity index (χ0) is 14.7. The topological polar surface area (TPSA) is 74.2 Å². The van der Waals surface area contributed by atoms with Crippen molar-refractivity contribution < 1.29 is 9.13 Å². The Kier molecular flexibility index (Phi) is 6.20. The number of hydrogen-bond donors (Lipinski definition) is 2. The van der Waals surface area contributed by atoms with Gasteiger partial charge in [-0.15, -0.1) is 12.4 Å². The number of anilines is 1. The van der Waals surface area contributed by atoms with Crippen LogP contribution in [0.15, 0.2) is 30.5 Å². The second-order valence-corrected chi connectivity index (χ2v) is 4.72. The molecule has 0 spiro atoms. The van der Waals surface area contributed by atoms with E-state index < -0.39 is 11.9 Å². The number of pyridine rings is 1. The molecule has 0 saturated carbocycles. The molecule has 1 atom stereocenters. The van der Waals surface area contributed by atoms with Gasteiger partial charge in [0.2, 0.25) is 0 Å². The molecular formula is C14H16Cl2FN3O. The Hall–Kier alpha value is -1.56. The van der Waals surface area contributed by atoms with Crippen LogP contribution in [0.4, 0.5) is 10.2 Å². The van der Waals surface area contributed by atoms with Crippen LogP contribution in [-0.4, -0.2) is 4.98 Å². The molecule has 0 aliphatic heterocycles. The van der Waals surface area contributed by atoms with Crippen molar-refractivity contribution >= 4 is 29.8 Å². The van der Waals surface area contributed by atoms with Gasteiger partial charge in [0.15, 0.2) is 11.6 Å². The van der Waals surface area contributed by atoms with E-state index >= 15 is 0 Å². The molecule has 0 amide bonds. The van der Waals surface area contributed by atoms with E-state index in [1.165, 1.54) is 12.3 Å². The summed E-state index contributed by atoms with van der Waals surface area (Å²) in [5.41, 5.74) is 11.8. The number of halogens is 3. The van der Waals surface area contributed by atoms with Crippen molar-refractivity contribution in [3.63, 3.8) is 0 Å². The molecule has 1 aromatic carbocycles. The highest BCUT2D eigenvalue weighted by Crippen LogP contribution is 2.36. The molecule has 0 unspecified atom stereocenters. The Morgan fingerprint density at radius 3 is 2.71 bits per heavy atom. The van der Waals surface area contributed by atoms with E-state index in [1.54, 1.807) is 18.2 Å². The predicted molar refractivity (Wildman–Crippen MR) is 84.6 cm³/mol. The largest absolute Gasteiger partial charge is 0.452 e. The van der Waals surface area contributed by atoms with Crippen LogP contribution in [-0.2, 0) is 0 Å². The number of ether oxygens (including phenoxy) is 1. The van der Waals surface area contributed by atoms with Gasteiger partial charge < -0.3 is 16.2 Å². The Morgan fingerprint density at radius 1 is 1.38 bits per heavy atom. The van der Waals surface area contributed by atoms with Gasteiger partial charge in [0.25, 0.3) is 0 Å². The first-order valence-electron chi connectivity index (χ1n) is 6.15. The second-order valence-electron chi connectivity index (χ2n) is 4.31. The average molecular weight is 332 g/mol. The smallest absolute Gasteiger partial charge is 0.181 e. The van der Waals surface area contributed by atoms with Crippen LogP contribution in [0.3, 0.4) is 0 Å². The summed E-state index contributed by atoms with van der Waals surface area (Å²) in [6.07, 6.45) is 2.08. The lowest BCUT2D eigenvalue weighted by atomic mass is 10.0. The Morgan fingerprint density at radius 2 is 2.10 bits per heavy atom. The van der Waals surface area contributed by atoms with Crippen LogP contribution in [0.25, 0.3) is 0 Å². The standard InChI is InChI=1S/C14H15ClFN3O.ClH/c1-2-11(17)9-3-4-10(15)14(13(9)16)20-8-5-6-19-12(18)7-8;/h3-7,11H,2,17H2,1H3,(H2,18,19);1H/t11-;/m1./s1. The molecule has 4 N–H and O–H groups in total. The molecule has 114 valence electrons. The van der Waals surface area contributed by atoms with Crippen molar-refractivity contribution in [3.8, 4) is 11.5 Å². The molecular weight excluding hydrogens is 316 g/mol. The van der Waals surface area contributed by atoms with E-state index in [2.05, 4.69) is 4.98 Å². The average Bonchev–Trinajstić information content (AvgIpc) is 2.43. The minimum absolute atomic E-state index is 0. The minimum Gasteiger partial charge on any atom is -0.452 e. The lowest BCUT2D eigenvalue weighted by Crippen LogP contribution is -2.11. The quantitative estimate of drug-likeness (QED) is 0.885. The van der Waals surface area contributed by atoms with Gasteiger partial charge in [-0.3, -0.25) is 0 Å². The van der Waals surface area contributed by atoms with E-state index in [4.69, 9.17) is 27.8 Å². The van der Waals surface area contributed by atoms with Crippen molar-refractivity contribution in [2.24, 2.45) is 5.73 Å². The summed E-state index contributed by atoms with van der Waals surface area (Å²) in [5.74, 6) is 0.0295. The first-order chi connectivity index (χ1) is 9.52. The van der Waals surface area contributed by atoms with Crippen LogP contribution in [0.2, 0.25) is 5.02 Å². The molecule has 0 bridgehead atoms. The van der Waals surface area contributed by atoms with Crippen molar-refractivity contribution in [3.05, 3.63) is 46.9 Å². The van der Waals surface area contributed by atoms with Gasteiger partial charge in [-0.2, -0.15) is 0 Å². The second kappa shape index (κ2) is 7.45. The maximum absolute atomic E-state index is 14.4. The number of nitrogen functional groups attached to an aromatic ring is 1. The van der Waals surface area contributed by atoms with Gasteiger partial charge in [0, 0.05) is 23.9 Å². The Labute approximate surface area is 133 Å². The van der Waals surface area contributed by atoms with Gasteiger partial charge in [0.05, 0.1) is 5.02 Å². The highest BCUT2D eigenvalue weighted by molar-refractivity contribution is 6.32. The first-order valence-corrected chi connectivity index (χ1v) is 6.53. The Bertz CT molecular complexity index is 625. The fraction of sp³-hybridized carbons (Fsp3) is 0.214. The fourth-order valence-corrected chi connectivity index (χ4v) is 1.94. The van der Waals surface area contributed by atoms with Crippen molar-refractivity contribution in [2.45, 2.75) is 19.4 Å². The van der Waals surface area contributed by atoms with Crippen LogP contribution in [0, 0.1) is 5.82 Å². The van der Waals surface area contributed by atoms with E-state index in [1.807, 2.05) is 6.92 Å². The van der Waals surface area contributed by atoms with Crippen LogP contribution >= 0.6 is 24.0 Å². The summed E-state index contributed by atoms with van der Waals surface area (Å²) in [4.78, 5) is 3.84. The third-order valence-corrected chi connectivity index (χ3v) is 3.19. The molecule has 0 aliphatic rings. The van der Waals surface area contributed by atoms with Gasteiger partial charge in [-0.1, -0.05) is 24.6 Å². The molecule has 1 heterocycles. The molecule has 4 nitrogen and oxygen atoms in total. The number of aromatic nitrogens is 1. The summed E-state index contributed by atoms with van der Waals surface area (Å²) >= 11 is 5.99. The van der Waals surface area contributed by atoms with Crippen molar-refractivity contribution in [2.75, 3.05) is 5.73 Å². The lowest BCUT2D eigenvalue weighted by molar-refractivity contribution is 0.434. The number of nitrogens with two attached hydrogens (primary N) is 2. The third kappa shape index (κ3) is 3.97. The van der Waals surface area contributed by atoms with Crippen molar-refractivity contribution in [1.82, 2.24) is 4.98 Å². The summed E-state index contributed by atoms with van der Waals surface area (Å²) in [5, 5.41) is 0.171. The zero-order valence-electron chi connectivity index (χ0n) is 11.3. The molecule has 0 fully saturated rings. The van der Waals surface area contributed by atoms with Crippen molar-refractivity contribution in [1.29, 1.82) is 0 Å². The number of rotatable bonds is 4. The number of benzene rings is 1. The highest BCUT2D eigenvalue weighted by Gasteiger charge is 2.18. The third-order valence-electron chi connectivity index (χ3n) is 2.89. The van der Waals surface area contributed by atoms with E-state index in [0.29, 0.717) is 17.7 Å². The highest BCUT2D eigenvalue weighted by atomic mass is 35.5. The van der Waals surface area contributed by atoms with E-state index in [0.717, 1.165) is 0 Å². The van der Waals surface area contributed by atoms with Crippen LogP contribution in [0.5, 0.6) is 11.5 Å². The summed E-state index contributed by atoms with van der Waals surface area (Å²) < 4.78 is 19.9. The van der Waals surface area contributed by atoms with E-state index in [9.17, 15) is 4.39 Å². The van der Waals surface area contributed by atoms with Gasteiger partial charge >= 0.3 is 0 Å². The number of hydrogen-bond acceptors (Lipinski definition) is 4. The summed E-state index contributed by atoms with van der Waals surface area (Å²) in [7, 11) is 0. The maximum atomic E-state index is 14.4. The van der Waals surface area contributed by atoms with Gasteiger partial charge in [0.1, 0.15) is 11.6 Å². The predicted octanol–water partition coefficient (Wildman–Crippen LogP) is 4.08. The molecule has 0 saturated heterocycles.